The SMILES string of the molecule is Cc1ccc(CCCC(C)(C)C(=O)O)c(C)c1. The standard InChI is InChI=1S/C15H22O2/c1-11-7-8-13(12(2)10-11)6-5-9-15(3,4)14(16)17/h7-8,10H,5-6,9H2,1-4H3,(H,16,17). The fourth-order valence-corrected chi connectivity index (χ4v) is 1.95. The maximum Gasteiger partial charge on any atom is 0.309 e. The molecule has 1 aromatic carbocycles. The highest BCUT2D eigenvalue weighted by Crippen LogP contribution is 2.24. The second-order valence-electron chi connectivity index (χ2n) is 5.47. The molecule has 2 heteroatoms. The van der Waals surface area contributed by atoms with Crippen molar-refractivity contribution in [2.24, 2.45) is 5.41 Å². The van der Waals surface area contributed by atoms with Gasteiger partial charge >= 0.3 is 5.97 Å². The lowest BCUT2D eigenvalue weighted by atomic mass is 9.86. The zero-order valence-corrected chi connectivity index (χ0v) is 11.2. The van der Waals surface area contributed by atoms with Crippen molar-refractivity contribution in [3.8, 4) is 0 Å². The van der Waals surface area contributed by atoms with Gasteiger partial charge in [0.25, 0.3) is 0 Å². The fraction of sp³-hybridized carbons (Fsp3) is 0.533. The van der Waals surface area contributed by atoms with Gasteiger partial charge < -0.3 is 5.11 Å². The molecule has 0 atom stereocenters. The Labute approximate surface area is 104 Å². The monoisotopic (exact) mass is 234 g/mol. The Hall–Kier alpha value is -1.31. The lowest BCUT2D eigenvalue weighted by Crippen LogP contribution is -2.23. The van der Waals surface area contributed by atoms with Crippen molar-refractivity contribution < 1.29 is 9.90 Å². The quantitative estimate of drug-likeness (QED) is 0.842. The first-order valence-electron chi connectivity index (χ1n) is 6.12. The molecule has 1 aromatic rings. The van der Waals surface area contributed by atoms with E-state index < -0.39 is 11.4 Å². The van der Waals surface area contributed by atoms with Gasteiger partial charge in [-0.15, -0.1) is 0 Å². The highest BCUT2D eigenvalue weighted by Gasteiger charge is 2.26. The number of benzene rings is 1. The number of aliphatic carboxylic acids is 1. The Kier molecular flexibility index (Phi) is 4.33. The minimum atomic E-state index is -0.710. The van der Waals surface area contributed by atoms with E-state index >= 15 is 0 Å². The molecule has 94 valence electrons. The maximum absolute atomic E-state index is 11.0. The van der Waals surface area contributed by atoms with E-state index in [2.05, 4.69) is 32.0 Å². The third-order valence-corrected chi connectivity index (χ3v) is 3.32. The highest BCUT2D eigenvalue weighted by atomic mass is 16.4. The van der Waals surface area contributed by atoms with Gasteiger partial charge in [0.05, 0.1) is 5.41 Å². The number of carbonyl (C=O) groups is 1. The molecule has 1 N–H and O–H groups in total. The molecule has 0 heterocycles. The van der Waals surface area contributed by atoms with Crippen LogP contribution in [0.1, 0.15) is 43.4 Å². The second-order valence-corrected chi connectivity index (χ2v) is 5.47. The van der Waals surface area contributed by atoms with Crippen LogP contribution in [0.25, 0.3) is 0 Å². The predicted molar refractivity (Wildman–Crippen MR) is 70.3 cm³/mol. The lowest BCUT2D eigenvalue weighted by molar-refractivity contribution is -0.147. The van der Waals surface area contributed by atoms with Crippen molar-refractivity contribution in [1.29, 1.82) is 0 Å². The Morgan fingerprint density at radius 2 is 1.94 bits per heavy atom. The first-order valence-corrected chi connectivity index (χ1v) is 6.12. The van der Waals surface area contributed by atoms with E-state index in [1.807, 2.05) is 0 Å². The zero-order chi connectivity index (χ0) is 13.1. The molecule has 2 nitrogen and oxygen atoms in total. The molecule has 1 rings (SSSR count). The predicted octanol–water partition coefficient (Wildman–Crippen LogP) is 3.74. The van der Waals surface area contributed by atoms with E-state index in [1.54, 1.807) is 13.8 Å². The molecule has 0 saturated carbocycles. The van der Waals surface area contributed by atoms with Gasteiger partial charge in [-0.1, -0.05) is 23.8 Å². The molecule has 0 aliphatic carbocycles. The lowest BCUT2D eigenvalue weighted by Gasteiger charge is -2.18. The van der Waals surface area contributed by atoms with Gasteiger partial charge in [-0.2, -0.15) is 0 Å². The number of rotatable bonds is 5. The average molecular weight is 234 g/mol. The van der Waals surface area contributed by atoms with Crippen molar-refractivity contribution >= 4 is 5.97 Å². The molecule has 0 aliphatic rings. The molecule has 17 heavy (non-hydrogen) atoms. The van der Waals surface area contributed by atoms with Crippen molar-refractivity contribution in [3.05, 3.63) is 34.9 Å². The summed E-state index contributed by atoms with van der Waals surface area (Å²) in [5, 5.41) is 9.03. The molecule has 0 aromatic heterocycles. The van der Waals surface area contributed by atoms with E-state index in [0.717, 1.165) is 19.3 Å². The first-order chi connectivity index (χ1) is 7.83. The molecule has 0 amide bonds. The van der Waals surface area contributed by atoms with Gasteiger partial charge in [0.2, 0.25) is 0 Å². The van der Waals surface area contributed by atoms with Crippen LogP contribution in [-0.2, 0) is 11.2 Å². The summed E-state index contributed by atoms with van der Waals surface area (Å²) >= 11 is 0. The minimum absolute atomic E-state index is 0.612. The van der Waals surface area contributed by atoms with Crippen molar-refractivity contribution in [2.75, 3.05) is 0 Å². The Balaban J connectivity index is 2.54. The van der Waals surface area contributed by atoms with Gasteiger partial charge in [-0.3, -0.25) is 4.79 Å². The molecule has 0 fully saturated rings. The van der Waals surface area contributed by atoms with Crippen LogP contribution < -0.4 is 0 Å². The van der Waals surface area contributed by atoms with Crippen molar-refractivity contribution in [3.63, 3.8) is 0 Å². The summed E-state index contributed by atoms with van der Waals surface area (Å²) in [5.41, 5.74) is 3.30. The number of hydrogen-bond donors (Lipinski definition) is 1. The van der Waals surface area contributed by atoms with E-state index in [9.17, 15) is 4.79 Å². The van der Waals surface area contributed by atoms with Crippen LogP contribution in [0.15, 0.2) is 18.2 Å². The summed E-state index contributed by atoms with van der Waals surface area (Å²) in [6, 6.07) is 6.45. The van der Waals surface area contributed by atoms with Gasteiger partial charge in [0.15, 0.2) is 0 Å². The van der Waals surface area contributed by atoms with Crippen molar-refractivity contribution in [2.45, 2.75) is 47.0 Å². The summed E-state index contributed by atoms with van der Waals surface area (Å²) in [5.74, 6) is -0.710. The van der Waals surface area contributed by atoms with Gasteiger partial charge in [0.1, 0.15) is 0 Å². The molecule has 0 aliphatic heterocycles. The van der Waals surface area contributed by atoms with Crippen LogP contribution in [0, 0.1) is 19.3 Å². The van der Waals surface area contributed by atoms with Crippen LogP contribution in [0.2, 0.25) is 0 Å². The topological polar surface area (TPSA) is 37.3 Å². The largest absolute Gasteiger partial charge is 0.481 e. The van der Waals surface area contributed by atoms with Gasteiger partial charge in [-0.25, -0.2) is 0 Å². The summed E-state index contributed by atoms with van der Waals surface area (Å²) in [6.45, 7) is 7.78. The third kappa shape index (κ3) is 3.88. The summed E-state index contributed by atoms with van der Waals surface area (Å²) in [4.78, 5) is 11.0. The number of aryl methyl sites for hydroxylation is 3. The van der Waals surface area contributed by atoms with Crippen LogP contribution in [0.4, 0.5) is 0 Å². The maximum atomic E-state index is 11.0. The fourth-order valence-electron chi connectivity index (χ4n) is 1.95. The molecule has 0 saturated heterocycles. The van der Waals surface area contributed by atoms with Gasteiger partial charge in [0, 0.05) is 0 Å². The van der Waals surface area contributed by atoms with E-state index in [4.69, 9.17) is 5.11 Å². The first kappa shape index (κ1) is 13.8. The molecule has 0 bridgehead atoms. The zero-order valence-electron chi connectivity index (χ0n) is 11.2. The Bertz CT molecular complexity index is 405. The van der Waals surface area contributed by atoms with E-state index in [0.29, 0.717) is 0 Å². The third-order valence-electron chi connectivity index (χ3n) is 3.32. The summed E-state index contributed by atoms with van der Waals surface area (Å²) < 4.78 is 0. The normalized spacial score (nSPS) is 11.5. The molecule has 0 spiro atoms. The van der Waals surface area contributed by atoms with Gasteiger partial charge in [-0.05, 0) is 58.1 Å². The molecular formula is C15H22O2. The van der Waals surface area contributed by atoms with Crippen LogP contribution >= 0.6 is 0 Å². The van der Waals surface area contributed by atoms with Crippen LogP contribution in [-0.4, -0.2) is 11.1 Å². The minimum Gasteiger partial charge on any atom is -0.481 e. The van der Waals surface area contributed by atoms with E-state index in [1.165, 1.54) is 16.7 Å². The Morgan fingerprint density at radius 1 is 1.29 bits per heavy atom. The van der Waals surface area contributed by atoms with E-state index in [-0.39, 0.29) is 0 Å². The molecule has 0 radical (unpaired) electrons. The number of hydrogen-bond acceptors (Lipinski definition) is 1. The highest BCUT2D eigenvalue weighted by molar-refractivity contribution is 5.73. The van der Waals surface area contributed by atoms with Crippen LogP contribution in [0.3, 0.4) is 0 Å². The average Bonchev–Trinajstić information content (AvgIpc) is 2.21. The summed E-state index contributed by atoms with van der Waals surface area (Å²) in [6.07, 6.45) is 2.60. The van der Waals surface area contributed by atoms with Crippen LogP contribution in [0.5, 0.6) is 0 Å². The number of carboxylic acid groups (broad SMARTS) is 1. The number of carboxylic acids is 1. The summed E-state index contributed by atoms with van der Waals surface area (Å²) in [7, 11) is 0. The Morgan fingerprint density at radius 3 is 2.47 bits per heavy atom. The molecular weight excluding hydrogens is 212 g/mol. The van der Waals surface area contributed by atoms with Crippen molar-refractivity contribution in [1.82, 2.24) is 0 Å². The molecule has 0 unspecified atom stereocenters. The second kappa shape index (κ2) is 5.35. The smallest absolute Gasteiger partial charge is 0.309 e.